The van der Waals surface area contributed by atoms with Crippen LogP contribution in [0, 0.1) is 11.3 Å². The molecule has 0 spiro atoms. The maximum atomic E-state index is 8.78. The van der Waals surface area contributed by atoms with E-state index in [-0.39, 0.29) is 6.04 Å². The zero-order chi connectivity index (χ0) is 12.8. The molecule has 0 saturated heterocycles. The second-order valence-corrected chi connectivity index (χ2v) is 4.04. The Morgan fingerprint density at radius 2 is 2.06 bits per heavy atom. The van der Waals surface area contributed by atoms with E-state index in [9.17, 15) is 0 Å². The van der Waals surface area contributed by atoms with Crippen LogP contribution in [0.15, 0.2) is 42.9 Å². The van der Waals surface area contributed by atoms with Crippen LogP contribution in [0.1, 0.15) is 29.8 Å². The molecular weight excluding hydrogens is 224 g/mol. The van der Waals surface area contributed by atoms with Crippen LogP contribution in [0.2, 0.25) is 0 Å². The van der Waals surface area contributed by atoms with E-state index in [0.29, 0.717) is 12.2 Å². The third kappa shape index (κ3) is 3.12. The van der Waals surface area contributed by atoms with Crippen molar-refractivity contribution in [3.8, 4) is 6.07 Å². The molecule has 2 rings (SSSR count). The molecule has 1 N–H and O–H groups in total. The summed E-state index contributed by atoms with van der Waals surface area (Å²) in [5.41, 5.74) is 2.70. The Hall–Kier alpha value is -2.25. The van der Waals surface area contributed by atoms with Crippen LogP contribution in [0.4, 0.5) is 0 Å². The summed E-state index contributed by atoms with van der Waals surface area (Å²) in [6.07, 6.45) is 5.23. The lowest BCUT2D eigenvalue weighted by Crippen LogP contribution is -2.18. The fourth-order valence-corrected chi connectivity index (χ4v) is 1.69. The molecule has 18 heavy (non-hydrogen) atoms. The third-order valence-electron chi connectivity index (χ3n) is 2.76. The zero-order valence-corrected chi connectivity index (χ0v) is 10.2. The molecule has 0 saturated carbocycles. The molecule has 0 amide bonds. The van der Waals surface area contributed by atoms with Gasteiger partial charge in [-0.25, -0.2) is 4.98 Å². The van der Waals surface area contributed by atoms with Crippen LogP contribution in [0.5, 0.6) is 0 Å². The number of nitrogens with one attached hydrogen (secondary N) is 1. The number of nitriles is 1. The highest BCUT2D eigenvalue weighted by Crippen LogP contribution is 2.11. The number of aromatic nitrogens is 2. The molecule has 0 bridgehead atoms. The second kappa shape index (κ2) is 5.89. The zero-order valence-electron chi connectivity index (χ0n) is 10.2. The number of hydrogen-bond donors (Lipinski definition) is 1. The minimum atomic E-state index is 0.242. The van der Waals surface area contributed by atoms with Gasteiger partial charge in [-0.2, -0.15) is 5.26 Å². The van der Waals surface area contributed by atoms with E-state index in [1.165, 1.54) is 5.56 Å². The number of hydrogen-bond acceptors (Lipinski definition) is 4. The third-order valence-corrected chi connectivity index (χ3v) is 2.76. The first-order valence-corrected chi connectivity index (χ1v) is 5.78. The van der Waals surface area contributed by atoms with Crippen LogP contribution in [-0.4, -0.2) is 9.97 Å². The molecule has 1 atom stereocenters. The quantitative estimate of drug-likeness (QED) is 0.887. The van der Waals surface area contributed by atoms with Crippen LogP contribution >= 0.6 is 0 Å². The SMILES string of the molecule is C[C@@H](NCc1ccnc(C#N)c1)c1ccncc1. The standard InChI is InChI=1S/C14H14N4/c1-11(13-3-5-16-6-4-13)18-10-12-2-7-17-14(8-12)9-15/h2-8,11,18H,10H2,1H3/t11-/m1/s1. The van der Waals surface area contributed by atoms with Gasteiger partial charge < -0.3 is 5.32 Å². The van der Waals surface area contributed by atoms with E-state index < -0.39 is 0 Å². The average Bonchev–Trinajstić information content (AvgIpc) is 2.46. The van der Waals surface area contributed by atoms with Gasteiger partial charge in [-0.05, 0) is 42.3 Å². The Morgan fingerprint density at radius 3 is 2.78 bits per heavy atom. The second-order valence-electron chi connectivity index (χ2n) is 4.04. The van der Waals surface area contributed by atoms with Gasteiger partial charge in [0.05, 0.1) is 0 Å². The van der Waals surface area contributed by atoms with Crippen molar-refractivity contribution in [1.29, 1.82) is 5.26 Å². The molecule has 0 aliphatic carbocycles. The predicted molar refractivity (Wildman–Crippen MR) is 68.4 cm³/mol. The summed E-state index contributed by atoms with van der Waals surface area (Å²) >= 11 is 0. The van der Waals surface area contributed by atoms with Crippen molar-refractivity contribution in [2.45, 2.75) is 19.5 Å². The Morgan fingerprint density at radius 1 is 1.28 bits per heavy atom. The van der Waals surface area contributed by atoms with E-state index in [1.807, 2.05) is 24.3 Å². The Labute approximate surface area is 106 Å². The normalized spacial score (nSPS) is 11.8. The predicted octanol–water partition coefficient (Wildman–Crippen LogP) is 2.20. The molecule has 2 aromatic rings. The summed E-state index contributed by atoms with van der Waals surface area (Å²) in [5, 5.41) is 12.2. The molecular formula is C14H14N4. The summed E-state index contributed by atoms with van der Waals surface area (Å²) in [7, 11) is 0. The van der Waals surface area contributed by atoms with Gasteiger partial charge >= 0.3 is 0 Å². The van der Waals surface area contributed by atoms with Gasteiger partial charge in [0.1, 0.15) is 11.8 Å². The molecule has 0 radical (unpaired) electrons. The van der Waals surface area contributed by atoms with Crippen LogP contribution in [0.25, 0.3) is 0 Å². The van der Waals surface area contributed by atoms with Crippen molar-refractivity contribution in [3.05, 3.63) is 59.7 Å². The van der Waals surface area contributed by atoms with Crippen molar-refractivity contribution in [3.63, 3.8) is 0 Å². The molecule has 0 aliphatic rings. The highest BCUT2D eigenvalue weighted by atomic mass is 14.9. The summed E-state index contributed by atoms with van der Waals surface area (Å²) < 4.78 is 0. The van der Waals surface area contributed by atoms with Crippen molar-refractivity contribution in [2.24, 2.45) is 0 Å². The largest absolute Gasteiger partial charge is 0.306 e. The molecule has 0 unspecified atom stereocenters. The molecule has 0 fully saturated rings. The fourth-order valence-electron chi connectivity index (χ4n) is 1.69. The van der Waals surface area contributed by atoms with Gasteiger partial charge in [0, 0.05) is 31.2 Å². The molecule has 4 heteroatoms. The maximum absolute atomic E-state index is 8.78. The summed E-state index contributed by atoms with van der Waals surface area (Å²) in [4.78, 5) is 7.94. The molecule has 90 valence electrons. The summed E-state index contributed by atoms with van der Waals surface area (Å²) in [5.74, 6) is 0. The Balaban J connectivity index is 1.97. The van der Waals surface area contributed by atoms with Gasteiger partial charge in [0.15, 0.2) is 0 Å². The molecule has 2 heterocycles. The maximum Gasteiger partial charge on any atom is 0.140 e. The van der Waals surface area contributed by atoms with Crippen molar-refractivity contribution >= 4 is 0 Å². The molecule has 4 nitrogen and oxygen atoms in total. The summed E-state index contributed by atoms with van der Waals surface area (Å²) in [6, 6.07) is 9.97. The van der Waals surface area contributed by atoms with Gasteiger partial charge in [-0.1, -0.05) is 0 Å². The minimum Gasteiger partial charge on any atom is -0.306 e. The first-order valence-electron chi connectivity index (χ1n) is 5.78. The molecule has 0 aromatic carbocycles. The Bertz CT molecular complexity index is 545. The van der Waals surface area contributed by atoms with Gasteiger partial charge in [0.2, 0.25) is 0 Å². The van der Waals surface area contributed by atoms with Crippen LogP contribution in [-0.2, 0) is 6.54 Å². The number of pyridine rings is 2. The lowest BCUT2D eigenvalue weighted by molar-refractivity contribution is 0.574. The van der Waals surface area contributed by atoms with Crippen molar-refractivity contribution in [1.82, 2.24) is 15.3 Å². The number of rotatable bonds is 4. The monoisotopic (exact) mass is 238 g/mol. The van der Waals surface area contributed by atoms with E-state index in [0.717, 1.165) is 5.56 Å². The minimum absolute atomic E-state index is 0.242. The lowest BCUT2D eigenvalue weighted by Gasteiger charge is -2.13. The highest BCUT2D eigenvalue weighted by Gasteiger charge is 2.04. The van der Waals surface area contributed by atoms with Gasteiger partial charge in [0.25, 0.3) is 0 Å². The molecule has 2 aromatic heterocycles. The topological polar surface area (TPSA) is 61.6 Å². The lowest BCUT2D eigenvalue weighted by atomic mass is 10.1. The first-order chi connectivity index (χ1) is 8.79. The van der Waals surface area contributed by atoms with Crippen LogP contribution < -0.4 is 5.32 Å². The summed E-state index contributed by atoms with van der Waals surface area (Å²) in [6.45, 7) is 2.81. The van der Waals surface area contributed by atoms with Gasteiger partial charge in [-0.15, -0.1) is 0 Å². The Kier molecular flexibility index (Phi) is 4.00. The first kappa shape index (κ1) is 12.2. The highest BCUT2D eigenvalue weighted by molar-refractivity contribution is 5.25. The number of nitrogens with zero attached hydrogens (tertiary/aromatic N) is 3. The van der Waals surface area contributed by atoms with E-state index in [2.05, 4.69) is 22.2 Å². The van der Waals surface area contributed by atoms with Crippen LogP contribution in [0.3, 0.4) is 0 Å². The van der Waals surface area contributed by atoms with Crippen molar-refractivity contribution < 1.29 is 0 Å². The average molecular weight is 238 g/mol. The van der Waals surface area contributed by atoms with E-state index >= 15 is 0 Å². The fraction of sp³-hybridized carbons (Fsp3) is 0.214. The van der Waals surface area contributed by atoms with Crippen molar-refractivity contribution in [2.75, 3.05) is 0 Å². The van der Waals surface area contributed by atoms with Gasteiger partial charge in [-0.3, -0.25) is 4.98 Å². The smallest absolute Gasteiger partial charge is 0.140 e. The van der Waals surface area contributed by atoms with E-state index in [1.54, 1.807) is 24.7 Å². The van der Waals surface area contributed by atoms with E-state index in [4.69, 9.17) is 5.26 Å². The molecule has 0 aliphatic heterocycles.